The first kappa shape index (κ1) is 20.7. The molecule has 1 aromatic rings. The third kappa shape index (κ3) is 2.70. The fourth-order valence-electron chi connectivity index (χ4n) is 3.71. The van der Waals surface area contributed by atoms with E-state index < -0.39 is 33.6 Å². The topological polar surface area (TPSA) is 120 Å². The quantitative estimate of drug-likeness (QED) is 0.454. The Morgan fingerprint density at radius 2 is 1.62 bits per heavy atom. The molecule has 1 unspecified atom stereocenters. The van der Waals surface area contributed by atoms with Crippen molar-refractivity contribution in [2.75, 3.05) is 14.2 Å². The van der Waals surface area contributed by atoms with E-state index in [4.69, 9.17) is 14.3 Å². The van der Waals surface area contributed by atoms with Gasteiger partial charge < -0.3 is 14.3 Å². The molecule has 10 nitrogen and oxygen atoms in total. The molecule has 10 heteroatoms. The van der Waals surface area contributed by atoms with Crippen LogP contribution in [0.1, 0.15) is 33.3 Å². The number of nitrogens with one attached hydrogen (secondary N) is 1. The number of hydroxylamine groups is 2. The van der Waals surface area contributed by atoms with Gasteiger partial charge in [-0.1, -0.05) is 0 Å². The number of hydrogen-bond acceptors (Lipinski definition) is 9. The maximum Gasteiger partial charge on any atom is 0.376 e. The van der Waals surface area contributed by atoms with Gasteiger partial charge in [0.25, 0.3) is 5.69 Å². The van der Waals surface area contributed by atoms with E-state index in [0.717, 1.165) is 0 Å². The van der Waals surface area contributed by atoms with Crippen LogP contribution < -0.4 is 5.32 Å². The molecular weight excluding hydrogens is 382 g/mol. The highest BCUT2D eigenvalue weighted by atomic mass is 16.7. The van der Waals surface area contributed by atoms with Crippen molar-refractivity contribution in [1.29, 1.82) is 0 Å². The summed E-state index contributed by atoms with van der Waals surface area (Å²) in [5.41, 5.74) is -2.46. The Kier molecular flexibility index (Phi) is 4.67. The smallest absolute Gasteiger partial charge is 0.376 e. The standard InChI is InChI=1S/C19H23N3O7/c1-17(2)18(3,4)22-19(20-17,11-7-9-12(10-8-11)21(25)26)13(15(23)27-5)14(29-22)16(24)28-6/h7-10,20H,1-6H3. The number of non-ortho nitro benzene ring substituents is 1. The predicted octanol–water partition coefficient (Wildman–Crippen LogP) is 1.76. The van der Waals surface area contributed by atoms with Crippen LogP contribution in [0.25, 0.3) is 0 Å². The first-order chi connectivity index (χ1) is 13.4. The maximum absolute atomic E-state index is 12.8. The Balaban J connectivity index is 2.33. The van der Waals surface area contributed by atoms with Gasteiger partial charge in [-0.15, -0.1) is 5.06 Å². The largest absolute Gasteiger partial charge is 0.465 e. The van der Waals surface area contributed by atoms with Crippen LogP contribution in [-0.4, -0.2) is 47.2 Å². The zero-order valence-corrected chi connectivity index (χ0v) is 17.1. The molecule has 0 spiro atoms. The Labute approximate surface area is 167 Å². The summed E-state index contributed by atoms with van der Waals surface area (Å²) >= 11 is 0. The molecule has 2 heterocycles. The van der Waals surface area contributed by atoms with E-state index in [1.54, 1.807) is 0 Å². The van der Waals surface area contributed by atoms with Gasteiger partial charge in [0.2, 0.25) is 5.76 Å². The maximum atomic E-state index is 12.8. The lowest BCUT2D eigenvalue weighted by Crippen LogP contribution is -2.53. The van der Waals surface area contributed by atoms with E-state index in [9.17, 15) is 19.7 Å². The van der Waals surface area contributed by atoms with Crippen molar-refractivity contribution in [3.63, 3.8) is 0 Å². The minimum atomic E-state index is -1.42. The van der Waals surface area contributed by atoms with E-state index in [1.165, 1.54) is 43.5 Å². The summed E-state index contributed by atoms with van der Waals surface area (Å²) in [5.74, 6) is -1.92. The van der Waals surface area contributed by atoms with Gasteiger partial charge in [-0.05, 0) is 45.4 Å². The Hall–Kier alpha value is -2.98. The minimum absolute atomic E-state index is 0.0839. The lowest BCUT2D eigenvalue weighted by Gasteiger charge is -2.38. The summed E-state index contributed by atoms with van der Waals surface area (Å²) in [7, 11) is 2.37. The van der Waals surface area contributed by atoms with Crippen molar-refractivity contribution < 1.29 is 28.8 Å². The van der Waals surface area contributed by atoms with Crippen LogP contribution in [0, 0.1) is 10.1 Å². The fourth-order valence-corrected chi connectivity index (χ4v) is 3.71. The molecule has 1 atom stereocenters. The SMILES string of the molecule is COC(=O)C1=C(C(=O)OC)C2(c3ccc([N+](=O)[O-])cc3)NC(C)(C)C(C)(C)N2O1. The average Bonchev–Trinajstić information content (AvgIpc) is 3.09. The molecule has 2 aliphatic rings. The Bertz CT molecular complexity index is 920. The summed E-state index contributed by atoms with van der Waals surface area (Å²) in [6.45, 7) is 7.63. The monoisotopic (exact) mass is 405 g/mol. The van der Waals surface area contributed by atoms with Crippen LogP contribution in [0.4, 0.5) is 5.69 Å². The molecule has 0 amide bonds. The number of carbonyl (C=O) groups excluding carboxylic acids is 2. The van der Waals surface area contributed by atoms with Gasteiger partial charge in [-0.3, -0.25) is 15.4 Å². The van der Waals surface area contributed by atoms with Crippen molar-refractivity contribution in [3.8, 4) is 0 Å². The summed E-state index contributed by atoms with van der Waals surface area (Å²) in [6.07, 6.45) is 0. The van der Waals surface area contributed by atoms with E-state index >= 15 is 0 Å². The molecule has 0 radical (unpaired) electrons. The van der Waals surface area contributed by atoms with Gasteiger partial charge in [-0.2, -0.15) is 0 Å². The highest BCUT2D eigenvalue weighted by molar-refractivity contribution is 6.01. The Morgan fingerprint density at radius 1 is 1.07 bits per heavy atom. The first-order valence-electron chi connectivity index (χ1n) is 8.88. The number of rotatable bonds is 4. The van der Waals surface area contributed by atoms with E-state index in [-0.39, 0.29) is 17.0 Å². The molecular formula is C19H23N3O7. The van der Waals surface area contributed by atoms with Crippen LogP contribution in [0.2, 0.25) is 0 Å². The number of nitrogens with zero attached hydrogens (tertiary/aromatic N) is 2. The van der Waals surface area contributed by atoms with Crippen LogP contribution in [0.3, 0.4) is 0 Å². The number of hydrogen-bond donors (Lipinski definition) is 1. The fraction of sp³-hybridized carbons (Fsp3) is 0.474. The van der Waals surface area contributed by atoms with E-state index in [2.05, 4.69) is 5.32 Å². The summed E-state index contributed by atoms with van der Waals surface area (Å²) in [5, 5.41) is 16.0. The van der Waals surface area contributed by atoms with Gasteiger partial charge in [0.15, 0.2) is 5.66 Å². The molecule has 156 valence electrons. The predicted molar refractivity (Wildman–Crippen MR) is 100 cm³/mol. The number of fused-ring (bicyclic) bond motifs is 1. The summed E-state index contributed by atoms with van der Waals surface area (Å²) < 4.78 is 9.76. The van der Waals surface area contributed by atoms with Gasteiger partial charge in [0.05, 0.1) is 24.7 Å². The van der Waals surface area contributed by atoms with Gasteiger partial charge in [-0.25, -0.2) is 9.59 Å². The normalized spacial score (nSPS) is 24.6. The van der Waals surface area contributed by atoms with Crippen molar-refractivity contribution in [1.82, 2.24) is 10.4 Å². The van der Waals surface area contributed by atoms with Crippen LogP contribution >= 0.6 is 0 Å². The molecule has 0 saturated carbocycles. The number of benzene rings is 1. The molecule has 1 fully saturated rings. The molecule has 1 saturated heterocycles. The third-order valence-electron chi connectivity index (χ3n) is 5.86. The molecule has 29 heavy (non-hydrogen) atoms. The van der Waals surface area contributed by atoms with Gasteiger partial charge in [0.1, 0.15) is 5.57 Å². The Morgan fingerprint density at radius 3 is 2.10 bits per heavy atom. The number of methoxy groups -OCH3 is 2. The lowest BCUT2D eigenvalue weighted by molar-refractivity contribution is -0.384. The summed E-state index contributed by atoms with van der Waals surface area (Å²) in [6, 6.07) is 5.69. The van der Waals surface area contributed by atoms with Gasteiger partial charge in [0, 0.05) is 17.7 Å². The second-order valence-electron chi connectivity index (χ2n) is 7.90. The number of ether oxygens (including phenoxy) is 2. The zero-order valence-electron chi connectivity index (χ0n) is 17.1. The molecule has 0 bridgehead atoms. The zero-order chi connectivity index (χ0) is 21.8. The number of esters is 2. The van der Waals surface area contributed by atoms with Crippen LogP contribution in [-0.2, 0) is 29.6 Å². The third-order valence-corrected chi connectivity index (χ3v) is 5.86. The molecule has 0 aromatic heterocycles. The van der Waals surface area contributed by atoms with Crippen LogP contribution in [0.15, 0.2) is 35.6 Å². The van der Waals surface area contributed by atoms with Crippen molar-refractivity contribution in [2.45, 2.75) is 44.4 Å². The second kappa shape index (κ2) is 6.53. The van der Waals surface area contributed by atoms with Crippen molar-refractivity contribution >= 4 is 17.6 Å². The highest BCUT2D eigenvalue weighted by Crippen LogP contribution is 2.55. The van der Waals surface area contributed by atoms with E-state index in [1.807, 2.05) is 27.7 Å². The van der Waals surface area contributed by atoms with E-state index in [0.29, 0.717) is 5.56 Å². The molecule has 1 aromatic carbocycles. The second-order valence-corrected chi connectivity index (χ2v) is 7.90. The first-order valence-corrected chi connectivity index (χ1v) is 8.88. The van der Waals surface area contributed by atoms with Gasteiger partial charge >= 0.3 is 11.9 Å². The molecule has 0 aliphatic carbocycles. The minimum Gasteiger partial charge on any atom is -0.465 e. The number of nitro groups is 1. The highest BCUT2D eigenvalue weighted by Gasteiger charge is 2.70. The molecule has 1 N–H and O–H groups in total. The molecule has 3 rings (SSSR count). The van der Waals surface area contributed by atoms with Crippen molar-refractivity contribution in [3.05, 3.63) is 51.3 Å². The summed E-state index contributed by atoms with van der Waals surface area (Å²) in [4.78, 5) is 41.7. The number of nitro benzene ring substituents is 1. The lowest BCUT2D eigenvalue weighted by atomic mass is 9.84. The number of carbonyl (C=O) groups is 2. The average molecular weight is 405 g/mol. The van der Waals surface area contributed by atoms with Crippen molar-refractivity contribution in [2.24, 2.45) is 0 Å². The van der Waals surface area contributed by atoms with Crippen LogP contribution in [0.5, 0.6) is 0 Å². The molecule has 2 aliphatic heterocycles.